The van der Waals surface area contributed by atoms with Crippen molar-refractivity contribution in [2.24, 2.45) is 18.0 Å². The molecule has 1 fully saturated rings. The van der Waals surface area contributed by atoms with Gasteiger partial charge in [-0.1, -0.05) is 31.2 Å². The zero-order valence-corrected chi connectivity index (χ0v) is 20.2. The molecule has 6 nitrogen and oxygen atoms in total. The number of likely N-dealkylation sites (tertiary alicyclic amines) is 1. The van der Waals surface area contributed by atoms with E-state index in [1.54, 1.807) is 0 Å². The third kappa shape index (κ3) is 6.33. The highest BCUT2D eigenvalue weighted by atomic mass is 15.3. The summed E-state index contributed by atoms with van der Waals surface area (Å²) in [7, 11) is 3.84. The molecule has 170 valence electrons. The molecule has 2 aromatic rings. The predicted octanol–water partition coefficient (Wildman–Crippen LogP) is 3.57. The number of aliphatic imine (C=N–C) groups is 1. The summed E-state index contributed by atoms with van der Waals surface area (Å²) in [5.74, 6) is 1.64. The third-order valence-corrected chi connectivity index (χ3v) is 6.48. The smallest absolute Gasteiger partial charge is 0.191 e. The summed E-state index contributed by atoms with van der Waals surface area (Å²) >= 11 is 0. The quantitative estimate of drug-likeness (QED) is 0.527. The summed E-state index contributed by atoms with van der Waals surface area (Å²) < 4.78 is 1.96. The monoisotopic (exact) mass is 424 g/mol. The molecule has 1 saturated heterocycles. The minimum Gasteiger partial charge on any atom is -0.354 e. The Morgan fingerprint density at radius 1 is 1.26 bits per heavy atom. The van der Waals surface area contributed by atoms with E-state index < -0.39 is 0 Å². The van der Waals surface area contributed by atoms with Crippen LogP contribution in [0.25, 0.3) is 0 Å². The lowest BCUT2D eigenvalue weighted by atomic mass is 9.99. The largest absolute Gasteiger partial charge is 0.354 e. The Labute approximate surface area is 188 Å². The molecule has 0 radical (unpaired) electrons. The lowest BCUT2D eigenvalue weighted by molar-refractivity contribution is 0.176. The Hall–Kier alpha value is -2.34. The van der Waals surface area contributed by atoms with Crippen LogP contribution in [0.1, 0.15) is 54.8 Å². The second kappa shape index (κ2) is 10.8. The van der Waals surface area contributed by atoms with Crippen LogP contribution in [0.4, 0.5) is 0 Å². The molecule has 2 heterocycles. The number of nitrogens with one attached hydrogen (secondary N) is 2. The van der Waals surface area contributed by atoms with Gasteiger partial charge in [-0.2, -0.15) is 5.10 Å². The molecular weight excluding hydrogens is 384 g/mol. The average Bonchev–Trinajstić information content (AvgIpc) is 2.98. The fourth-order valence-electron chi connectivity index (χ4n) is 4.63. The topological polar surface area (TPSA) is 57.5 Å². The van der Waals surface area contributed by atoms with Gasteiger partial charge in [0.05, 0.1) is 5.69 Å². The minimum absolute atomic E-state index is 0.262. The number of hydrogen-bond acceptors (Lipinski definition) is 3. The van der Waals surface area contributed by atoms with E-state index in [0.29, 0.717) is 0 Å². The molecule has 31 heavy (non-hydrogen) atoms. The maximum absolute atomic E-state index is 4.54. The Kier molecular flexibility index (Phi) is 8.13. The molecule has 1 aromatic heterocycles. The maximum Gasteiger partial charge on any atom is 0.191 e. The van der Waals surface area contributed by atoms with E-state index in [-0.39, 0.29) is 6.04 Å². The number of benzene rings is 1. The molecule has 1 aromatic carbocycles. The molecule has 0 bridgehead atoms. The van der Waals surface area contributed by atoms with Gasteiger partial charge in [0.1, 0.15) is 0 Å². The van der Waals surface area contributed by atoms with Crippen LogP contribution in [0.5, 0.6) is 0 Å². The van der Waals surface area contributed by atoms with E-state index in [9.17, 15) is 0 Å². The van der Waals surface area contributed by atoms with Crippen LogP contribution in [0.3, 0.4) is 0 Å². The van der Waals surface area contributed by atoms with E-state index in [1.165, 1.54) is 48.3 Å². The molecule has 0 amide bonds. The van der Waals surface area contributed by atoms with Gasteiger partial charge in [-0.15, -0.1) is 0 Å². The standard InChI is InChI=1S/C25H40N6/c1-18-10-9-13-31(16-18)17-23-12-8-7-11-22(23)15-27-25(26-5)28-19(2)14-24-20(3)29-30(6)21(24)4/h7-8,11-12,18-19H,9-10,13-17H2,1-6H3,(H2,26,27,28). The van der Waals surface area contributed by atoms with Gasteiger partial charge in [-0.05, 0) is 69.2 Å². The van der Waals surface area contributed by atoms with Gasteiger partial charge in [0.15, 0.2) is 5.96 Å². The van der Waals surface area contributed by atoms with Crippen molar-refractivity contribution in [3.8, 4) is 0 Å². The van der Waals surface area contributed by atoms with Crippen LogP contribution < -0.4 is 10.6 Å². The van der Waals surface area contributed by atoms with E-state index in [1.807, 2.05) is 18.8 Å². The van der Waals surface area contributed by atoms with Crippen molar-refractivity contribution >= 4 is 5.96 Å². The van der Waals surface area contributed by atoms with Crippen LogP contribution in [-0.4, -0.2) is 46.8 Å². The highest BCUT2D eigenvalue weighted by Crippen LogP contribution is 2.19. The van der Waals surface area contributed by atoms with Crippen molar-refractivity contribution in [1.82, 2.24) is 25.3 Å². The van der Waals surface area contributed by atoms with Crippen molar-refractivity contribution in [1.29, 1.82) is 0 Å². The summed E-state index contributed by atoms with van der Waals surface area (Å²) in [6.45, 7) is 13.0. The summed E-state index contributed by atoms with van der Waals surface area (Å²) in [6, 6.07) is 9.04. The van der Waals surface area contributed by atoms with Crippen LogP contribution in [-0.2, 0) is 26.6 Å². The summed E-state index contributed by atoms with van der Waals surface area (Å²) in [4.78, 5) is 7.05. The van der Waals surface area contributed by atoms with Gasteiger partial charge in [-0.25, -0.2) is 0 Å². The second-order valence-electron chi connectivity index (χ2n) is 9.20. The average molecular weight is 425 g/mol. The van der Waals surface area contributed by atoms with Gasteiger partial charge in [0.2, 0.25) is 0 Å². The van der Waals surface area contributed by atoms with Gasteiger partial charge < -0.3 is 10.6 Å². The summed E-state index contributed by atoms with van der Waals surface area (Å²) in [6.07, 6.45) is 3.60. The lowest BCUT2D eigenvalue weighted by Gasteiger charge is -2.31. The van der Waals surface area contributed by atoms with Crippen molar-refractivity contribution in [3.05, 3.63) is 52.3 Å². The van der Waals surface area contributed by atoms with Crippen LogP contribution in [0.2, 0.25) is 0 Å². The van der Waals surface area contributed by atoms with Gasteiger partial charge in [0, 0.05) is 45.5 Å². The van der Waals surface area contributed by atoms with E-state index in [2.05, 4.69) is 77.6 Å². The van der Waals surface area contributed by atoms with Crippen molar-refractivity contribution in [3.63, 3.8) is 0 Å². The van der Waals surface area contributed by atoms with E-state index in [0.717, 1.165) is 37.1 Å². The van der Waals surface area contributed by atoms with Gasteiger partial charge in [0.25, 0.3) is 0 Å². The first-order valence-corrected chi connectivity index (χ1v) is 11.6. The van der Waals surface area contributed by atoms with Crippen LogP contribution in [0.15, 0.2) is 29.3 Å². The van der Waals surface area contributed by atoms with E-state index in [4.69, 9.17) is 0 Å². The van der Waals surface area contributed by atoms with Crippen molar-refractivity contribution in [2.75, 3.05) is 20.1 Å². The fourth-order valence-corrected chi connectivity index (χ4v) is 4.63. The number of hydrogen-bond donors (Lipinski definition) is 2. The molecule has 3 rings (SSSR count). The molecule has 2 atom stereocenters. The number of aromatic nitrogens is 2. The second-order valence-corrected chi connectivity index (χ2v) is 9.20. The molecule has 1 aliphatic heterocycles. The zero-order valence-electron chi connectivity index (χ0n) is 20.2. The van der Waals surface area contributed by atoms with Gasteiger partial charge >= 0.3 is 0 Å². The molecular formula is C25H40N6. The SMILES string of the molecule is CN=C(NCc1ccccc1CN1CCCC(C)C1)NC(C)Cc1c(C)nn(C)c1C. The Balaban J connectivity index is 1.57. The Bertz CT molecular complexity index is 884. The van der Waals surface area contributed by atoms with Crippen molar-refractivity contribution < 1.29 is 0 Å². The van der Waals surface area contributed by atoms with E-state index >= 15 is 0 Å². The molecule has 0 spiro atoms. The fraction of sp³-hybridized carbons (Fsp3) is 0.600. The molecule has 6 heteroatoms. The molecule has 2 N–H and O–H groups in total. The number of nitrogens with zero attached hydrogens (tertiary/aromatic N) is 4. The summed E-state index contributed by atoms with van der Waals surface area (Å²) in [5.41, 5.74) is 6.41. The predicted molar refractivity (Wildman–Crippen MR) is 129 cm³/mol. The molecule has 2 unspecified atom stereocenters. The van der Waals surface area contributed by atoms with Crippen molar-refractivity contribution in [2.45, 2.75) is 66.1 Å². The highest BCUT2D eigenvalue weighted by Gasteiger charge is 2.18. The number of rotatable bonds is 7. The maximum atomic E-state index is 4.54. The molecule has 1 aliphatic rings. The van der Waals surface area contributed by atoms with Crippen LogP contribution >= 0.6 is 0 Å². The summed E-state index contributed by atoms with van der Waals surface area (Å²) in [5, 5.41) is 11.6. The third-order valence-electron chi connectivity index (χ3n) is 6.48. The minimum atomic E-state index is 0.262. The number of guanidine groups is 1. The molecule has 0 aliphatic carbocycles. The molecule has 0 saturated carbocycles. The normalized spacial score (nSPS) is 18.8. The highest BCUT2D eigenvalue weighted by molar-refractivity contribution is 5.80. The van der Waals surface area contributed by atoms with Crippen LogP contribution in [0, 0.1) is 19.8 Å². The zero-order chi connectivity index (χ0) is 22.4. The number of piperidine rings is 1. The lowest BCUT2D eigenvalue weighted by Crippen LogP contribution is -2.43. The first-order chi connectivity index (χ1) is 14.9. The Morgan fingerprint density at radius 2 is 2.00 bits per heavy atom. The first kappa shape index (κ1) is 23.3. The Morgan fingerprint density at radius 3 is 2.65 bits per heavy atom. The van der Waals surface area contributed by atoms with Gasteiger partial charge in [-0.3, -0.25) is 14.6 Å². The first-order valence-electron chi connectivity index (χ1n) is 11.6. The number of aryl methyl sites for hydroxylation is 2.